The van der Waals surface area contributed by atoms with Gasteiger partial charge in [0, 0.05) is 23.3 Å². The topological polar surface area (TPSA) is 127 Å². The largest absolute Gasteiger partial charge is 0.508 e. The van der Waals surface area contributed by atoms with Gasteiger partial charge in [-0.1, -0.05) is 17.7 Å². The Labute approximate surface area is 187 Å². The lowest BCUT2D eigenvalue weighted by atomic mass is 9.90. The molecule has 1 heterocycles. The summed E-state index contributed by atoms with van der Waals surface area (Å²) in [4.78, 5) is 12.7. The number of Topliss-reactive ketones (excluding diaryl/α,β-unsaturated/α-hetero) is 1. The van der Waals surface area contributed by atoms with Crippen molar-refractivity contribution >= 4 is 5.78 Å². The normalized spacial score (nSPS) is 16.6. The number of carbonyl (C=O) groups excluding carboxylic acids is 1. The van der Waals surface area contributed by atoms with E-state index in [1.54, 1.807) is 19.9 Å². The predicted molar refractivity (Wildman–Crippen MR) is 119 cm³/mol. The zero-order chi connectivity index (χ0) is 23.6. The molecule has 0 bridgehead atoms. The smallest absolute Gasteiger partial charge is 0.174 e. The number of hydrogen-bond donors (Lipinski definition) is 5. The first-order chi connectivity index (χ1) is 15.0. The van der Waals surface area contributed by atoms with E-state index in [1.807, 2.05) is 13.0 Å². The summed E-state index contributed by atoms with van der Waals surface area (Å²) in [7, 11) is 0. The fraction of sp³-hybridized carbons (Fsp3) is 0.400. The first-order valence-electron chi connectivity index (χ1n) is 10.6. The van der Waals surface area contributed by atoms with Crippen LogP contribution in [-0.4, -0.2) is 36.9 Å². The molecule has 32 heavy (non-hydrogen) atoms. The molecule has 3 rings (SSSR count). The van der Waals surface area contributed by atoms with E-state index >= 15 is 0 Å². The highest BCUT2D eigenvalue weighted by molar-refractivity contribution is 6.02. The van der Waals surface area contributed by atoms with E-state index in [4.69, 9.17) is 4.74 Å². The van der Waals surface area contributed by atoms with E-state index in [-0.39, 0.29) is 46.5 Å². The lowest BCUT2D eigenvalue weighted by molar-refractivity contribution is 0.0689. The minimum absolute atomic E-state index is 0.0196. The Balaban J connectivity index is 1.86. The van der Waals surface area contributed by atoms with Gasteiger partial charge >= 0.3 is 0 Å². The molecule has 2 aromatic rings. The predicted octanol–water partition coefficient (Wildman–Crippen LogP) is 4.65. The maximum atomic E-state index is 12.7. The third-order valence-electron chi connectivity index (χ3n) is 5.64. The summed E-state index contributed by atoms with van der Waals surface area (Å²) in [6, 6.07) is 5.31. The molecule has 172 valence electrons. The van der Waals surface area contributed by atoms with Gasteiger partial charge in [0.05, 0.1) is 12.0 Å². The summed E-state index contributed by atoms with van der Waals surface area (Å²) in [5, 5.41) is 50.2. The maximum Gasteiger partial charge on any atom is 0.174 e. The lowest BCUT2D eigenvalue weighted by Gasteiger charge is -2.28. The molecule has 7 heteroatoms. The van der Waals surface area contributed by atoms with E-state index < -0.39 is 11.7 Å². The Morgan fingerprint density at radius 2 is 1.88 bits per heavy atom. The fourth-order valence-corrected chi connectivity index (χ4v) is 3.93. The molecule has 0 saturated heterocycles. The number of hydrogen-bond acceptors (Lipinski definition) is 7. The van der Waals surface area contributed by atoms with E-state index in [9.17, 15) is 30.3 Å². The minimum atomic E-state index is -0.749. The van der Waals surface area contributed by atoms with Crippen LogP contribution < -0.4 is 4.74 Å². The second kappa shape index (κ2) is 9.12. The summed E-state index contributed by atoms with van der Waals surface area (Å²) in [5.74, 6) is -1.39. The van der Waals surface area contributed by atoms with Crippen LogP contribution in [0.25, 0.3) is 0 Å². The SMILES string of the molecule is CC(=CCc1c(C2CC(=O)c3c(O)cc(O)cc3O2)ccc(O)c1O)CCCC(C)(C)O. The number of allylic oxidation sites excluding steroid dienone is 2. The summed E-state index contributed by atoms with van der Waals surface area (Å²) >= 11 is 0. The van der Waals surface area contributed by atoms with Crippen molar-refractivity contribution in [2.75, 3.05) is 0 Å². The molecule has 1 atom stereocenters. The van der Waals surface area contributed by atoms with E-state index in [0.717, 1.165) is 24.5 Å². The highest BCUT2D eigenvalue weighted by Crippen LogP contribution is 2.44. The molecular formula is C25H30O7. The zero-order valence-corrected chi connectivity index (χ0v) is 18.6. The van der Waals surface area contributed by atoms with Crippen LogP contribution in [0, 0.1) is 0 Å². The Morgan fingerprint density at radius 1 is 1.16 bits per heavy atom. The number of benzene rings is 2. The maximum absolute atomic E-state index is 12.7. The van der Waals surface area contributed by atoms with Gasteiger partial charge in [-0.25, -0.2) is 0 Å². The van der Waals surface area contributed by atoms with Crippen molar-refractivity contribution in [2.24, 2.45) is 0 Å². The van der Waals surface area contributed by atoms with Gasteiger partial charge < -0.3 is 30.3 Å². The first kappa shape index (κ1) is 23.5. The Bertz CT molecular complexity index is 1050. The first-order valence-corrected chi connectivity index (χ1v) is 10.6. The van der Waals surface area contributed by atoms with Crippen LogP contribution in [-0.2, 0) is 6.42 Å². The molecule has 1 aliphatic rings. The van der Waals surface area contributed by atoms with E-state index in [1.165, 1.54) is 12.1 Å². The minimum Gasteiger partial charge on any atom is -0.508 e. The van der Waals surface area contributed by atoms with Gasteiger partial charge in [-0.15, -0.1) is 0 Å². The highest BCUT2D eigenvalue weighted by atomic mass is 16.5. The van der Waals surface area contributed by atoms with E-state index in [0.29, 0.717) is 24.0 Å². The average Bonchev–Trinajstić information content (AvgIpc) is 2.67. The quantitative estimate of drug-likeness (QED) is 0.312. The molecule has 2 aromatic carbocycles. The van der Waals surface area contributed by atoms with Gasteiger partial charge in [-0.2, -0.15) is 0 Å². The van der Waals surface area contributed by atoms with Crippen LogP contribution in [0.3, 0.4) is 0 Å². The van der Waals surface area contributed by atoms with Gasteiger partial charge in [-0.3, -0.25) is 4.79 Å². The molecule has 0 fully saturated rings. The average molecular weight is 443 g/mol. The second-order valence-electron chi connectivity index (χ2n) is 8.99. The summed E-state index contributed by atoms with van der Waals surface area (Å²) < 4.78 is 5.91. The molecule has 0 radical (unpaired) electrons. The van der Waals surface area contributed by atoms with Crippen molar-refractivity contribution in [3.05, 3.63) is 52.6 Å². The highest BCUT2D eigenvalue weighted by Gasteiger charge is 2.32. The number of ketones is 1. The third-order valence-corrected chi connectivity index (χ3v) is 5.64. The summed E-state index contributed by atoms with van der Waals surface area (Å²) in [5.41, 5.74) is 1.36. The molecule has 0 aromatic heterocycles. The molecule has 0 saturated carbocycles. The van der Waals surface area contributed by atoms with Gasteiger partial charge in [0.15, 0.2) is 17.3 Å². The van der Waals surface area contributed by atoms with Crippen LogP contribution in [0.2, 0.25) is 0 Å². The van der Waals surface area contributed by atoms with Crippen LogP contribution in [0.4, 0.5) is 0 Å². The van der Waals surface area contributed by atoms with Crippen molar-refractivity contribution in [3.8, 4) is 28.7 Å². The van der Waals surface area contributed by atoms with Crippen molar-refractivity contribution in [1.82, 2.24) is 0 Å². The van der Waals surface area contributed by atoms with Crippen LogP contribution >= 0.6 is 0 Å². The molecular weight excluding hydrogens is 412 g/mol. The van der Waals surface area contributed by atoms with Crippen molar-refractivity contribution in [2.45, 2.75) is 64.6 Å². The Morgan fingerprint density at radius 3 is 2.56 bits per heavy atom. The molecule has 0 aliphatic carbocycles. The molecule has 7 nitrogen and oxygen atoms in total. The van der Waals surface area contributed by atoms with Gasteiger partial charge in [0.1, 0.15) is 28.9 Å². The summed E-state index contributed by atoms with van der Waals surface area (Å²) in [6.45, 7) is 5.50. The number of phenols is 4. The van der Waals surface area contributed by atoms with Crippen molar-refractivity contribution in [3.63, 3.8) is 0 Å². The number of aromatic hydroxyl groups is 4. The third kappa shape index (κ3) is 5.34. The number of ether oxygens (including phenoxy) is 1. The number of fused-ring (bicyclic) bond motifs is 1. The molecule has 5 N–H and O–H groups in total. The number of rotatable bonds is 7. The lowest BCUT2D eigenvalue weighted by Crippen LogP contribution is -2.21. The van der Waals surface area contributed by atoms with Crippen molar-refractivity contribution < 1.29 is 35.1 Å². The monoisotopic (exact) mass is 442 g/mol. The van der Waals surface area contributed by atoms with Gasteiger partial charge in [0.2, 0.25) is 0 Å². The van der Waals surface area contributed by atoms with E-state index in [2.05, 4.69) is 0 Å². The standard InChI is InChI=1S/C25H30O7/c1-14(5-4-10-25(2,3)31)6-7-17-16(8-9-18(27)24(17)30)21-13-20(29)23-19(28)11-15(26)12-22(23)32-21/h6,8-9,11-12,21,26-28,30-31H,4-5,7,10,13H2,1-3H3. The van der Waals surface area contributed by atoms with Crippen molar-refractivity contribution in [1.29, 1.82) is 0 Å². The number of phenolic OH excluding ortho intramolecular Hbond substituents is 4. The molecule has 0 amide bonds. The Hall–Kier alpha value is -3.19. The molecule has 0 spiro atoms. The molecule has 1 unspecified atom stereocenters. The fourth-order valence-electron chi connectivity index (χ4n) is 3.93. The summed E-state index contributed by atoms with van der Waals surface area (Å²) in [6.07, 6.45) is 3.71. The number of carbonyl (C=O) groups is 1. The van der Waals surface area contributed by atoms with Crippen LogP contribution in [0.5, 0.6) is 28.7 Å². The second-order valence-corrected chi connectivity index (χ2v) is 8.99. The Kier molecular flexibility index (Phi) is 6.69. The molecule has 1 aliphatic heterocycles. The van der Waals surface area contributed by atoms with Gasteiger partial charge in [-0.05, 0) is 52.5 Å². The number of aliphatic hydroxyl groups is 1. The zero-order valence-electron chi connectivity index (χ0n) is 18.6. The van der Waals surface area contributed by atoms with Crippen LogP contribution in [0.1, 0.15) is 74.0 Å². The van der Waals surface area contributed by atoms with Crippen LogP contribution in [0.15, 0.2) is 35.9 Å². The van der Waals surface area contributed by atoms with Gasteiger partial charge in [0.25, 0.3) is 0 Å².